The molecule has 92 valence electrons. The summed E-state index contributed by atoms with van der Waals surface area (Å²) < 4.78 is 1.01. The lowest BCUT2D eigenvalue weighted by molar-refractivity contribution is 0.0946. The molecule has 1 N–H and O–H groups in total. The minimum absolute atomic E-state index is 0.157. The van der Waals surface area contributed by atoms with Gasteiger partial charge in [0, 0.05) is 17.2 Å². The number of carbonyl (C=O) groups is 1. The van der Waals surface area contributed by atoms with Crippen molar-refractivity contribution in [1.82, 2.24) is 10.3 Å². The van der Waals surface area contributed by atoms with Crippen molar-refractivity contribution in [2.24, 2.45) is 0 Å². The van der Waals surface area contributed by atoms with Crippen LogP contribution in [0.1, 0.15) is 21.6 Å². The molecule has 0 atom stereocenters. The molecule has 1 amide bonds. The fraction of sp³-hybridized carbons (Fsp3) is 0.143. The van der Waals surface area contributed by atoms with E-state index < -0.39 is 0 Å². The smallest absolute Gasteiger partial charge is 0.270 e. The lowest BCUT2D eigenvalue weighted by Gasteiger charge is -2.08. The summed E-state index contributed by atoms with van der Waals surface area (Å²) in [6.45, 7) is 2.52. The number of pyridine rings is 1. The van der Waals surface area contributed by atoms with Gasteiger partial charge in [-0.25, -0.2) is 0 Å². The average Bonchev–Trinajstić information content (AvgIpc) is 2.40. The largest absolute Gasteiger partial charge is 0.347 e. The van der Waals surface area contributed by atoms with Crippen LogP contribution in [0.15, 0.2) is 47.1 Å². The van der Waals surface area contributed by atoms with Gasteiger partial charge in [-0.2, -0.15) is 0 Å². The molecular weight excluding hydrogens is 292 g/mol. The molecular formula is C14H13BrN2O. The normalized spacial score (nSPS) is 10.1. The van der Waals surface area contributed by atoms with Gasteiger partial charge in [0.25, 0.3) is 5.91 Å². The Kier molecular flexibility index (Phi) is 4.10. The summed E-state index contributed by atoms with van der Waals surface area (Å²) in [5.41, 5.74) is 2.68. The Morgan fingerprint density at radius 1 is 1.33 bits per heavy atom. The lowest BCUT2D eigenvalue weighted by atomic mass is 10.1. The summed E-state index contributed by atoms with van der Waals surface area (Å²) in [7, 11) is 0. The van der Waals surface area contributed by atoms with Crippen LogP contribution in [-0.2, 0) is 6.54 Å². The Labute approximate surface area is 114 Å². The number of aryl methyl sites for hydroxylation is 1. The first-order valence-corrected chi connectivity index (χ1v) is 6.40. The molecule has 0 saturated carbocycles. The maximum atomic E-state index is 11.8. The predicted molar refractivity (Wildman–Crippen MR) is 74.3 cm³/mol. The fourth-order valence-corrected chi connectivity index (χ4v) is 2.00. The number of halogens is 1. The second kappa shape index (κ2) is 5.78. The number of amides is 1. The Bertz CT molecular complexity index is 555. The highest BCUT2D eigenvalue weighted by molar-refractivity contribution is 9.10. The number of nitrogens with zero attached hydrogens (tertiary/aromatic N) is 1. The summed E-state index contributed by atoms with van der Waals surface area (Å²) >= 11 is 3.42. The van der Waals surface area contributed by atoms with Gasteiger partial charge in [-0.3, -0.25) is 9.78 Å². The van der Waals surface area contributed by atoms with Gasteiger partial charge in [-0.15, -0.1) is 0 Å². The SMILES string of the molecule is Cc1ccc(Br)cc1CNC(=O)c1ccccn1. The number of hydrogen-bond acceptors (Lipinski definition) is 2. The fourth-order valence-electron chi connectivity index (χ4n) is 1.59. The van der Waals surface area contributed by atoms with Crippen LogP contribution >= 0.6 is 15.9 Å². The third-order valence-electron chi connectivity index (χ3n) is 2.65. The third-order valence-corrected chi connectivity index (χ3v) is 3.14. The number of aromatic nitrogens is 1. The molecule has 0 unspecified atom stereocenters. The first-order chi connectivity index (χ1) is 8.66. The molecule has 18 heavy (non-hydrogen) atoms. The number of carbonyl (C=O) groups excluding carboxylic acids is 1. The quantitative estimate of drug-likeness (QED) is 0.947. The molecule has 0 saturated heterocycles. The summed E-state index contributed by atoms with van der Waals surface area (Å²) in [6.07, 6.45) is 1.61. The second-order valence-corrected chi connectivity index (χ2v) is 4.88. The zero-order valence-electron chi connectivity index (χ0n) is 9.98. The topological polar surface area (TPSA) is 42.0 Å². The van der Waals surface area contributed by atoms with E-state index in [1.54, 1.807) is 24.4 Å². The van der Waals surface area contributed by atoms with Crippen LogP contribution in [0.25, 0.3) is 0 Å². The van der Waals surface area contributed by atoms with Gasteiger partial charge in [0.15, 0.2) is 0 Å². The minimum Gasteiger partial charge on any atom is -0.347 e. The molecule has 4 heteroatoms. The van der Waals surface area contributed by atoms with E-state index in [1.807, 2.05) is 25.1 Å². The monoisotopic (exact) mass is 304 g/mol. The van der Waals surface area contributed by atoms with Crippen molar-refractivity contribution in [3.05, 3.63) is 63.9 Å². The Morgan fingerprint density at radius 3 is 2.89 bits per heavy atom. The van der Waals surface area contributed by atoms with Crippen LogP contribution in [0.3, 0.4) is 0 Å². The standard InChI is InChI=1S/C14H13BrN2O/c1-10-5-6-12(15)8-11(10)9-17-14(18)13-4-2-3-7-16-13/h2-8H,9H2,1H3,(H,17,18). The maximum absolute atomic E-state index is 11.8. The van der Waals surface area contributed by atoms with E-state index >= 15 is 0 Å². The molecule has 0 aliphatic heterocycles. The van der Waals surface area contributed by atoms with Gasteiger partial charge in [0.1, 0.15) is 5.69 Å². The van der Waals surface area contributed by atoms with Gasteiger partial charge in [-0.05, 0) is 42.3 Å². The Hall–Kier alpha value is -1.68. The van der Waals surface area contributed by atoms with Crippen molar-refractivity contribution in [1.29, 1.82) is 0 Å². The summed E-state index contributed by atoms with van der Waals surface area (Å²) in [5.74, 6) is -0.157. The average molecular weight is 305 g/mol. The molecule has 2 rings (SSSR count). The van der Waals surface area contributed by atoms with Crippen molar-refractivity contribution in [3.8, 4) is 0 Å². The zero-order chi connectivity index (χ0) is 13.0. The van der Waals surface area contributed by atoms with Crippen LogP contribution < -0.4 is 5.32 Å². The van der Waals surface area contributed by atoms with Gasteiger partial charge < -0.3 is 5.32 Å². The number of rotatable bonds is 3. The van der Waals surface area contributed by atoms with Crippen molar-refractivity contribution >= 4 is 21.8 Å². The molecule has 0 spiro atoms. The predicted octanol–water partition coefficient (Wildman–Crippen LogP) is 3.08. The Morgan fingerprint density at radius 2 is 2.17 bits per heavy atom. The molecule has 0 aliphatic rings. The van der Waals surface area contributed by atoms with Gasteiger partial charge >= 0.3 is 0 Å². The van der Waals surface area contributed by atoms with Crippen molar-refractivity contribution in [2.45, 2.75) is 13.5 Å². The minimum atomic E-state index is -0.157. The molecule has 2 aromatic rings. The van der Waals surface area contributed by atoms with E-state index in [4.69, 9.17) is 0 Å². The van der Waals surface area contributed by atoms with E-state index in [2.05, 4.69) is 26.2 Å². The Balaban J connectivity index is 2.04. The van der Waals surface area contributed by atoms with Crippen LogP contribution in [0, 0.1) is 6.92 Å². The first kappa shape index (κ1) is 12.8. The van der Waals surface area contributed by atoms with E-state index in [-0.39, 0.29) is 5.91 Å². The molecule has 0 bridgehead atoms. The molecule has 0 aliphatic carbocycles. The number of hydrogen-bond donors (Lipinski definition) is 1. The molecule has 1 aromatic carbocycles. The van der Waals surface area contributed by atoms with Gasteiger partial charge in [-0.1, -0.05) is 28.1 Å². The summed E-state index contributed by atoms with van der Waals surface area (Å²) in [6, 6.07) is 11.3. The molecule has 1 heterocycles. The number of nitrogens with one attached hydrogen (secondary N) is 1. The van der Waals surface area contributed by atoms with E-state index in [0.29, 0.717) is 12.2 Å². The van der Waals surface area contributed by atoms with Gasteiger partial charge in [0.2, 0.25) is 0 Å². The highest BCUT2D eigenvalue weighted by atomic mass is 79.9. The van der Waals surface area contributed by atoms with Crippen molar-refractivity contribution in [3.63, 3.8) is 0 Å². The highest BCUT2D eigenvalue weighted by Crippen LogP contribution is 2.15. The van der Waals surface area contributed by atoms with E-state index in [0.717, 1.165) is 15.6 Å². The van der Waals surface area contributed by atoms with Crippen molar-refractivity contribution < 1.29 is 4.79 Å². The maximum Gasteiger partial charge on any atom is 0.270 e. The molecule has 1 aromatic heterocycles. The molecule has 0 fully saturated rings. The summed E-state index contributed by atoms with van der Waals surface area (Å²) in [5, 5.41) is 2.86. The van der Waals surface area contributed by atoms with E-state index in [9.17, 15) is 4.79 Å². The molecule has 3 nitrogen and oxygen atoms in total. The highest BCUT2D eigenvalue weighted by Gasteiger charge is 2.06. The third kappa shape index (κ3) is 3.17. The number of benzene rings is 1. The second-order valence-electron chi connectivity index (χ2n) is 3.97. The van der Waals surface area contributed by atoms with Crippen LogP contribution in [0.5, 0.6) is 0 Å². The van der Waals surface area contributed by atoms with Crippen LogP contribution in [-0.4, -0.2) is 10.9 Å². The van der Waals surface area contributed by atoms with E-state index in [1.165, 1.54) is 0 Å². The van der Waals surface area contributed by atoms with Gasteiger partial charge in [0.05, 0.1) is 0 Å². The van der Waals surface area contributed by atoms with Crippen molar-refractivity contribution in [2.75, 3.05) is 0 Å². The lowest BCUT2D eigenvalue weighted by Crippen LogP contribution is -2.24. The first-order valence-electron chi connectivity index (χ1n) is 5.61. The van der Waals surface area contributed by atoms with Crippen LogP contribution in [0.4, 0.5) is 0 Å². The van der Waals surface area contributed by atoms with Crippen LogP contribution in [0.2, 0.25) is 0 Å². The summed E-state index contributed by atoms with van der Waals surface area (Å²) in [4.78, 5) is 15.8. The zero-order valence-corrected chi connectivity index (χ0v) is 11.6. The molecule has 0 radical (unpaired) electrons.